The number of fused-ring (bicyclic) bond motifs is 3. The van der Waals surface area contributed by atoms with E-state index in [1.807, 2.05) is 0 Å². The molecule has 0 amide bonds. The van der Waals surface area contributed by atoms with Gasteiger partial charge in [-0.05, 0) is 31.1 Å². The first kappa shape index (κ1) is 13.1. The van der Waals surface area contributed by atoms with Gasteiger partial charge in [0, 0.05) is 23.7 Å². The van der Waals surface area contributed by atoms with Crippen LogP contribution in [-0.4, -0.2) is 20.7 Å². The van der Waals surface area contributed by atoms with Crippen LogP contribution in [0.3, 0.4) is 0 Å². The van der Waals surface area contributed by atoms with E-state index in [-0.39, 0.29) is 0 Å². The molecule has 3 saturated heterocycles. The van der Waals surface area contributed by atoms with E-state index >= 15 is 0 Å². The van der Waals surface area contributed by atoms with Gasteiger partial charge in [-0.1, -0.05) is 6.92 Å². The van der Waals surface area contributed by atoms with Crippen molar-refractivity contribution in [1.82, 2.24) is 0 Å². The second-order valence-corrected chi connectivity index (χ2v) is 9.41. The molecule has 0 aromatic heterocycles. The van der Waals surface area contributed by atoms with Crippen molar-refractivity contribution in [2.45, 2.75) is 42.4 Å². The normalized spacial score (nSPS) is 37.2. The number of hydrogen-bond donors (Lipinski definition) is 0. The summed E-state index contributed by atoms with van der Waals surface area (Å²) in [5.74, 6) is 6.90. The summed E-state index contributed by atoms with van der Waals surface area (Å²) in [6, 6.07) is 0. The quantitative estimate of drug-likeness (QED) is 0.536. The van der Waals surface area contributed by atoms with Gasteiger partial charge in [-0.15, -0.1) is 47.6 Å². The third-order valence-corrected chi connectivity index (χ3v) is 9.92. The average Bonchev–Trinajstić information content (AvgIpc) is 2.37. The third-order valence-electron chi connectivity index (χ3n) is 3.60. The Kier molecular flexibility index (Phi) is 4.49. The number of rotatable bonds is 5. The molecule has 3 rings (SSSR count). The van der Waals surface area contributed by atoms with E-state index in [1.54, 1.807) is 0 Å². The van der Waals surface area contributed by atoms with Crippen LogP contribution in [0.25, 0.3) is 0 Å². The summed E-state index contributed by atoms with van der Waals surface area (Å²) in [6.45, 7) is 2.35. The number of thioether (sulfide) groups is 3. The minimum atomic E-state index is 0.492. The Hall–Kier alpha value is 0.610. The summed E-state index contributed by atoms with van der Waals surface area (Å²) in [7, 11) is 0. The van der Waals surface area contributed by atoms with Crippen molar-refractivity contribution in [3.8, 4) is 12.3 Å². The lowest BCUT2D eigenvalue weighted by Crippen LogP contribution is -2.44. The summed E-state index contributed by atoms with van der Waals surface area (Å²) in [6.07, 6.45) is 11.4. The minimum absolute atomic E-state index is 0.492. The van der Waals surface area contributed by atoms with Gasteiger partial charge in [-0.2, -0.15) is 0 Å². The second kappa shape index (κ2) is 5.50. The molecule has 3 fully saturated rings. The molecule has 90 valence electrons. The monoisotopic (exact) mass is 272 g/mol. The largest absolute Gasteiger partial charge is 0.133 e. The molecule has 3 aliphatic rings. The fourth-order valence-corrected chi connectivity index (χ4v) is 8.25. The highest BCUT2D eigenvalue weighted by Crippen LogP contribution is 2.64. The van der Waals surface area contributed by atoms with E-state index in [0.29, 0.717) is 8.83 Å². The van der Waals surface area contributed by atoms with E-state index in [2.05, 4.69) is 48.1 Å². The molecule has 0 spiro atoms. The van der Waals surface area contributed by atoms with Crippen molar-refractivity contribution in [3.05, 3.63) is 0 Å². The lowest BCUT2D eigenvalue weighted by Gasteiger charge is -2.51. The zero-order valence-electron chi connectivity index (χ0n) is 9.96. The van der Waals surface area contributed by atoms with Crippen molar-refractivity contribution in [2.24, 2.45) is 5.41 Å². The van der Waals surface area contributed by atoms with Crippen molar-refractivity contribution in [2.75, 3.05) is 17.3 Å². The van der Waals surface area contributed by atoms with Crippen molar-refractivity contribution in [1.29, 1.82) is 0 Å². The molecule has 0 aromatic rings. The predicted octanol–water partition coefficient (Wildman–Crippen LogP) is 4.46. The Balaban J connectivity index is 1.81. The van der Waals surface area contributed by atoms with Crippen LogP contribution >= 0.6 is 35.3 Å². The third kappa shape index (κ3) is 2.71. The standard InChI is InChI=1S/C13H20S3/c1-3-5-6-7-8-13-14-9-12(4-2,10-15-13)11-16-13/h1H,4-11H2,2H3. The van der Waals surface area contributed by atoms with Crippen molar-refractivity contribution < 1.29 is 0 Å². The van der Waals surface area contributed by atoms with E-state index in [1.165, 1.54) is 42.9 Å². The summed E-state index contributed by atoms with van der Waals surface area (Å²) >= 11 is 6.65. The van der Waals surface area contributed by atoms with Crippen LogP contribution in [0.15, 0.2) is 0 Å². The van der Waals surface area contributed by atoms with Crippen LogP contribution in [-0.2, 0) is 0 Å². The van der Waals surface area contributed by atoms with Gasteiger partial charge in [0.05, 0.1) is 0 Å². The maximum Gasteiger partial charge on any atom is 0.107 e. The highest BCUT2D eigenvalue weighted by molar-refractivity contribution is 8.34. The number of terminal acetylenes is 1. The molecule has 0 saturated carbocycles. The molecule has 3 heteroatoms. The molecule has 3 aliphatic heterocycles. The highest BCUT2D eigenvalue weighted by atomic mass is 32.3. The molecule has 0 aliphatic carbocycles. The first-order valence-electron chi connectivity index (χ1n) is 6.10. The fraction of sp³-hybridized carbons (Fsp3) is 0.846. The Labute approximate surface area is 112 Å². The predicted molar refractivity (Wildman–Crippen MR) is 80.1 cm³/mol. The fourth-order valence-electron chi connectivity index (χ4n) is 2.13. The van der Waals surface area contributed by atoms with Gasteiger partial charge >= 0.3 is 0 Å². The number of unbranched alkanes of at least 4 members (excludes halogenated alkanes) is 2. The molecule has 16 heavy (non-hydrogen) atoms. The van der Waals surface area contributed by atoms with Gasteiger partial charge < -0.3 is 0 Å². The Bertz CT molecular complexity index is 255. The van der Waals surface area contributed by atoms with Crippen LogP contribution in [0.2, 0.25) is 0 Å². The van der Waals surface area contributed by atoms with Gasteiger partial charge in [0.25, 0.3) is 0 Å². The molecule has 2 bridgehead atoms. The van der Waals surface area contributed by atoms with Gasteiger partial charge in [-0.3, -0.25) is 0 Å². The molecular weight excluding hydrogens is 252 g/mol. The van der Waals surface area contributed by atoms with Gasteiger partial charge in [0.1, 0.15) is 3.41 Å². The zero-order chi connectivity index (χ0) is 11.5. The average molecular weight is 273 g/mol. The number of hydrogen-bond acceptors (Lipinski definition) is 3. The van der Waals surface area contributed by atoms with Crippen molar-refractivity contribution in [3.63, 3.8) is 0 Å². The topological polar surface area (TPSA) is 0 Å². The summed E-state index contributed by atoms with van der Waals surface area (Å²) in [4.78, 5) is 0. The first-order valence-corrected chi connectivity index (χ1v) is 9.05. The maximum absolute atomic E-state index is 5.29. The summed E-state index contributed by atoms with van der Waals surface area (Å²) in [5.41, 5.74) is 0.653. The zero-order valence-corrected chi connectivity index (χ0v) is 12.4. The second-order valence-electron chi connectivity index (χ2n) is 4.81. The molecule has 0 N–H and O–H groups in total. The van der Waals surface area contributed by atoms with Crippen LogP contribution < -0.4 is 0 Å². The smallest absolute Gasteiger partial charge is 0.107 e. The van der Waals surface area contributed by atoms with Crippen LogP contribution in [0.1, 0.15) is 39.0 Å². The van der Waals surface area contributed by atoms with E-state index < -0.39 is 0 Å². The lowest BCUT2D eigenvalue weighted by atomic mass is 9.92. The molecule has 0 nitrogen and oxygen atoms in total. The summed E-state index contributed by atoms with van der Waals surface area (Å²) < 4.78 is 0.492. The molecule has 0 unspecified atom stereocenters. The van der Waals surface area contributed by atoms with Gasteiger partial charge in [-0.25, -0.2) is 0 Å². The van der Waals surface area contributed by atoms with E-state index in [4.69, 9.17) is 6.42 Å². The van der Waals surface area contributed by atoms with Crippen LogP contribution in [0.4, 0.5) is 0 Å². The maximum atomic E-state index is 5.29. The van der Waals surface area contributed by atoms with Gasteiger partial charge in [0.2, 0.25) is 0 Å². The highest BCUT2D eigenvalue weighted by Gasteiger charge is 2.49. The van der Waals surface area contributed by atoms with Crippen LogP contribution in [0.5, 0.6) is 0 Å². The van der Waals surface area contributed by atoms with E-state index in [0.717, 1.165) is 6.42 Å². The molecule has 0 radical (unpaired) electrons. The van der Waals surface area contributed by atoms with Crippen LogP contribution in [0, 0.1) is 17.8 Å². The van der Waals surface area contributed by atoms with Crippen molar-refractivity contribution >= 4 is 35.3 Å². The molecule has 0 aromatic carbocycles. The summed E-state index contributed by atoms with van der Waals surface area (Å²) in [5, 5.41) is 0. The molecule has 0 atom stereocenters. The lowest BCUT2D eigenvalue weighted by molar-refractivity contribution is 0.417. The van der Waals surface area contributed by atoms with Gasteiger partial charge in [0.15, 0.2) is 0 Å². The SMILES string of the molecule is C#CCCCCC12SCC(CC)(CS1)CS2. The molecule has 3 heterocycles. The molecular formula is C13H20S3. The Morgan fingerprint density at radius 3 is 2.25 bits per heavy atom. The van der Waals surface area contributed by atoms with E-state index in [9.17, 15) is 0 Å². The Morgan fingerprint density at radius 2 is 1.75 bits per heavy atom. The first-order chi connectivity index (χ1) is 7.74. The minimum Gasteiger partial charge on any atom is -0.133 e. The Morgan fingerprint density at radius 1 is 1.12 bits per heavy atom.